The van der Waals surface area contributed by atoms with Crippen molar-refractivity contribution >= 4 is 45.7 Å². The largest absolute Gasteiger partial charge is 0.464 e. The van der Waals surface area contributed by atoms with E-state index in [4.69, 9.17) is 16.3 Å². The Bertz CT molecular complexity index is 1320. The van der Waals surface area contributed by atoms with Crippen LogP contribution in [0.1, 0.15) is 20.8 Å². The van der Waals surface area contributed by atoms with Crippen LogP contribution in [-0.2, 0) is 22.4 Å². The average molecular weight is 481 g/mol. The van der Waals surface area contributed by atoms with Gasteiger partial charge in [0.2, 0.25) is 5.56 Å². The number of pyridine rings is 1. The monoisotopic (exact) mass is 480 g/mol. The Hall–Kier alpha value is -3.42. The van der Waals surface area contributed by atoms with Crippen molar-refractivity contribution in [2.45, 2.75) is 18.9 Å². The molecule has 0 aliphatic heterocycles. The summed E-state index contributed by atoms with van der Waals surface area (Å²) in [7, 11) is 0. The Labute approximate surface area is 199 Å². The molecule has 0 radical (unpaired) electrons. The summed E-state index contributed by atoms with van der Waals surface area (Å²) in [5.74, 6) is -0.987. The molecule has 8 heteroatoms. The van der Waals surface area contributed by atoms with Crippen molar-refractivity contribution in [2.24, 2.45) is 0 Å². The zero-order valence-electron chi connectivity index (χ0n) is 17.5. The molecule has 168 valence electrons. The third-order valence-corrected chi connectivity index (χ3v) is 6.32. The molecule has 6 nitrogen and oxygen atoms in total. The lowest BCUT2D eigenvalue weighted by molar-refractivity contribution is -0.145. The molecule has 4 rings (SSSR count). The maximum absolute atomic E-state index is 13.0. The Balaban J connectivity index is 1.56. The fraction of sp³-hybridized carbons (Fsp3) is 0.160. The summed E-state index contributed by atoms with van der Waals surface area (Å²) in [6.07, 6.45) is 0.705. The lowest BCUT2D eigenvalue weighted by atomic mass is 10.0. The first-order valence-corrected chi connectivity index (χ1v) is 11.6. The second-order valence-corrected chi connectivity index (χ2v) is 8.91. The number of esters is 1. The van der Waals surface area contributed by atoms with E-state index in [0.717, 1.165) is 10.3 Å². The Morgan fingerprint density at radius 2 is 1.85 bits per heavy atom. The molecule has 1 atom stereocenters. The molecule has 0 saturated carbocycles. The van der Waals surface area contributed by atoms with Crippen LogP contribution in [0.15, 0.2) is 76.9 Å². The van der Waals surface area contributed by atoms with E-state index >= 15 is 0 Å². The van der Waals surface area contributed by atoms with Crippen LogP contribution >= 0.6 is 22.9 Å². The molecular formula is C25H21ClN2O4S. The van der Waals surface area contributed by atoms with Gasteiger partial charge in [-0.3, -0.25) is 9.59 Å². The van der Waals surface area contributed by atoms with Crippen LogP contribution in [0.25, 0.3) is 10.9 Å². The number of halogens is 1. The minimum absolute atomic E-state index is 0.113. The average Bonchev–Trinajstić information content (AvgIpc) is 3.32. The molecule has 33 heavy (non-hydrogen) atoms. The zero-order valence-corrected chi connectivity index (χ0v) is 19.1. The summed E-state index contributed by atoms with van der Waals surface area (Å²) in [6.45, 7) is 0.197. The lowest BCUT2D eigenvalue weighted by Gasteiger charge is -2.19. The number of nitrogens with one attached hydrogen (secondary N) is 2. The first-order chi connectivity index (χ1) is 16.0. The minimum atomic E-state index is -0.971. The van der Waals surface area contributed by atoms with Gasteiger partial charge in [-0.25, -0.2) is 4.79 Å². The van der Waals surface area contributed by atoms with Crippen LogP contribution in [0.5, 0.6) is 0 Å². The number of ether oxygens (including phenoxy) is 1. The third kappa shape index (κ3) is 5.88. The van der Waals surface area contributed by atoms with E-state index in [2.05, 4.69) is 10.3 Å². The van der Waals surface area contributed by atoms with Crippen molar-refractivity contribution < 1.29 is 14.3 Å². The number of carbonyl (C=O) groups is 2. The first kappa shape index (κ1) is 22.8. The summed E-state index contributed by atoms with van der Waals surface area (Å²) < 4.78 is 5.49. The summed E-state index contributed by atoms with van der Waals surface area (Å²) in [4.78, 5) is 41.9. The molecule has 0 bridgehead atoms. The molecule has 2 aromatic heterocycles. The lowest BCUT2D eigenvalue weighted by Crippen LogP contribution is -2.43. The molecule has 0 fully saturated rings. The summed E-state index contributed by atoms with van der Waals surface area (Å²) in [6, 6.07) is 18.1. The van der Waals surface area contributed by atoms with Gasteiger partial charge in [0.05, 0.1) is 6.61 Å². The number of rotatable bonds is 8. The molecular weight excluding hydrogens is 460 g/mol. The quantitative estimate of drug-likeness (QED) is 0.366. The standard InChI is InChI=1S/C25H21ClN2O4S/c26-18-9-7-16(8-10-18)24(30)28-22(25(31)32-12-11-19-4-3-13-33-19)14-17-15-23(29)27-21-6-2-1-5-20(17)21/h1-10,13,15,22H,11-12,14H2,(H,27,29)(H,28,30). The number of amides is 1. The topological polar surface area (TPSA) is 88.3 Å². The molecule has 1 amide bonds. The van der Waals surface area contributed by atoms with E-state index in [0.29, 0.717) is 28.1 Å². The fourth-order valence-corrected chi connectivity index (χ4v) is 4.33. The summed E-state index contributed by atoms with van der Waals surface area (Å²) in [5.41, 5.74) is 1.39. The van der Waals surface area contributed by atoms with E-state index in [9.17, 15) is 14.4 Å². The molecule has 0 aliphatic carbocycles. The van der Waals surface area contributed by atoms with Crippen molar-refractivity contribution in [3.8, 4) is 0 Å². The molecule has 0 spiro atoms. The van der Waals surface area contributed by atoms with Gasteiger partial charge in [0, 0.05) is 45.3 Å². The van der Waals surface area contributed by atoms with E-state index in [1.807, 2.05) is 35.7 Å². The normalized spacial score (nSPS) is 11.8. The number of H-pyrrole nitrogens is 1. The molecule has 0 saturated heterocycles. The summed E-state index contributed by atoms with van der Waals surface area (Å²) >= 11 is 7.50. The number of hydrogen-bond acceptors (Lipinski definition) is 5. The Morgan fingerprint density at radius 1 is 1.06 bits per heavy atom. The molecule has 4 aromatic rings. The number of hydrogen-bond donors (Lipinski definition) is 2. The van der Waals surface area contributed by atoms with Gasteiger partial charge >= 0.3 is 5.97 Å². The molecule has 2 aromatic carbocycles. The van der Waals surface area contributed by atoms with Gasteiger partial charge in [0.25, 0.3) is 5.91 Å². The molecule has 0 aliphatic rings. The number of aromatic nitrogens is 1. The Kier molecular flexibility index (Phi) is 7.22. The molecule has 1 unspecified atom stereocenters. The van der Waals surface area contributed by atoms with Gasteiger partial charge in [-0.2, -0.15) is 0 Å². The van der Waals surface area contributed by atoms with E-state index < -0.39 is 17.9 Å². The van der Waals surface area contributed by atoms with Crippen LogP contribution in [0.4, 0.5) is 0 Å². The molecule has 2 heterocycles. The zero-order chi connectivity index (χ0) is 23.2. The Morgan fingerprint density at radius 3 is 2.61 bits per heavy atom. The number of para-hydroxylation sites is 1. The van der Waals surface area contributed by atoms with Crippen LogP contribution in [0, 0.1) is 0 Å². The van der Waals surface area contributed by atoms with Crippen molar-refractivity contribution in [1.82, 2.24) is 10.3 Å². The van der Waals surface area contributed by atoms with Gasteiger partial charge in [0.1, 0.15) is 6.04 Å². The number of carbonyl (C=O) groups excluding carboxylic acids is 2. The SMILES string of the molecule is O=C(NC(Cc1cc(=O)[nH]c2ccccc12)C(=O)OCCc1cccs1)c1ccc(Cl)cc1. The van der Waals surface area contributed by atoms with Crippen LogP contribution in [0.2, 0.25) is 5.02 Å². The number of aromatic amines is 1. The number of fused-ring (bicyclic) bond motifs is 1. The van der Waals surface area contributed by atoms with Crippen LogP contribution < -0.4 is 10.9 Å². The van der Waals surface area contributed by atoms with Gasteiger partial charge in [-0.15, -0.1) is 11.3 Å². The van der Waals surface area contributed by atoms with Crippen LogP contribution in [0.3, 0.4) is 0 Å². The second kappa shape index (κ2) is 10.5. The van der Waals surface area contributed by atoms with Crippen molar-refractivity contribution in [1.29, 1.82) is 0 Å². The van der Waals surface area contributed by atoms with Gasteiger partial charge in [-0.1, -0.05) is 35.9 Å². The highest BCUT2D eigenvalue weighted by Crippen LogP contribution is 2.18. The predicted molar refractivity (Wildman–Crippen MR) is 130 cm³/mol. The highest BCUT2D eigenvalue weighted by atomic mass is 35.5. The maximum Gasteiger partial charge on any atom is 0.329 e. The van der Waals surface area contributed by atoms with E-state index in [1.54, 1.807) is 41.7 Å². The summed E-state index contributed by atoms with van der Waals surface area (Å²) in [5, 5.41) is 6.03. The highest BCUT2D eigenvalue weighted by molar-refractivity contribution is 7.09. The second-order valence-electron chi connectivity index (χ2n) is 7.44. The number of thiophene rings is 1. The predicted octanol–water partition coefficient (Wildman–Crippen LogP) is 4.37. The maximum atomic E-state index is 13.0. The first-order valence-electron chi connectivity index (χ1n) is 10.4. The third-order valence-electron chi connectivity index (χ3n) is 5.13. The van der Waals surface area contributed by atoms with Crippen molar-refractivity contribution in [3.05, 3.63) is 103 Å². The van der Waals surface area contributed by atoms with Gasteiger partial charge in [-0.05, 0) is 47.3 Å². The highest BCUT2D eigenvalue weighted by Gasteiger charge is 2.24. The van der Waals surface area contributed by atoms with Crippen molar-refractivity contribution in [2.75, 3.05) is 6.61 Å². The van der Waals surface area contributed by atoms with E-state index in [1.165, 1.54) is 6.07 Å². The smallest absolute Gasteiger partial charge is 0.329 e. The van der Waals surface area contributed by atoms with Crippen LogP contribution in [-0.4, -0.2) is 29.5 Å². The number of benzene rings is 2. The minimum Gasteiger partial charge on any atom is -0.464 e. The van der Waals surface area contributed by atoms with Crippen molar-refractivity contribution in [3.63, 3.8) is 0 Å². The fourth-order valence-electron chi connectivity index (χ4n) is 3.51. The van der Waals surface area contributed by atoms with Gasteiger partial charge < -0.3 is 15.0 Å². The van der Waals surface area contributed by atoms with E-state index in [-0.39, 0.29) is 18.6 Å². The van der Waals surface area contributed by atoms with Gasteiger partial charge in [0.15, 0.2) is 0 Å². The molecule has 2 N–H and O–H groups in total.